The summed E-state index contributed by atoms with van der Waals surface area (Å²) in [7, 11) is 0. The van der Waals surface area contributed by atoms with Crippen LogP contribution in [0.25, 0.3) is 0 Å². The number of nitrogens with two attached hydrogens (primary N) is 2. The van der Waals surface area contributed by atoms with Gasteiger partial charge in [0.1, 0.15) is 0 Å². The van der Waals surface area contributed by atoms with Crippen LogP contribution in [0.4, 0.5) is 0 Å². The zero-order chi connectivity index (χ0) is 7.15. The topological polar surface area (TPSA) is 52.0 Å². The Morgan fingerprint density at radius 1 is 1.00 bits per heavy atom. The van der Waals surface area contributed by atoms with E-state index in [9.17, 15) is 0 Å². The molecule has 4 N–H and O–H groups in total. The second-order valence-corrected chi connectivity index (χ2v) is 2.91. The molecule has 0 aliphatic rings. The first-order valence-electron chi connectivity index (χ1n) is 1.39. The van der Waals surface area contributed by atoms with Crippen LogP contribution in [0, 0.1) is 0 Å². The van der Waals surface area contributed by atoms with Crippen molar-refractivity contribution in [3.05, 3.63) is 0 Å². The summed E-state index contributed by atoms with van der Waals surface area (Å²) >= 11 is 16.5. The molecule has 48 valence electrons. The van der Waals surface area contributed by atoms with Crippen LogP contribution in [-0.4, -0.2) is 31.7 Å². The van der Waals surface area contributed by atoms with Crippen molar-refractivity contribution in [3.63, 3.8) is 0 Å². The number of rotatable bonds is 0. The van der Waals surface area contributed by atoms with Crippen LogP contribution in [0.3, 0.4) is 0 Å². The summed E-state index contributed by atoms with van der Waals surface area (Å²) in [6, 6.07) is 0. The molecule has 0 rings (SSSR count). The van der Waals surface area contributed by atoms with Crippen molar-refractivity contribution in [2.45, 2.75) is 0 Å². The largest absolute Gasteiger partial charge is 2.00 e. The molecule has 0 fully saturated rings. The number of hydrogen-bond acceptors (Lipinski definition) is 4. The average molecular weight is 209 g/mol. The van der Waals surface area contributed by atoms with Gasteiger partial charge in [0, 0.05) is 0 Å². The standard InChI is InChI=1S/2CH3NS2.Mg/c2*2-1(3)4;/h2*(H3,2,3,4);/q;;+2/p-2. The molecular formula is C2H4MgN2S4. The molecule has 7 heteroatoms. The normalized spacial score (nSPS) is 5.33. The third-order valence-electron chi connectivity index (χ3n) is 0. The second kappa shape index (κ2) is 11.7. The summed E-state index contributed by atoms with van der Waals surface area (Å²) in [5.74, 6) is 0. The Morgan fingerprint density at radius 3 is 1.00 bits per heavy atom. The first-order chi connectivity index (χ1) is 3.46. The van der Waals surface area contributed by atoms with Crippen LogP contribution in [0.1, 0.15) is 0 Å². The Hall–Kier alpha value is 0.986. The van der Waals surface area contributed by atoms with Crippen molar-refractivity contribution in [3.8, 4) is 0 Å². The Labute approximate surface area is 92.1 Å². The van der Waals surface area contributed by atoms with Crippen molar-refractivity contribution in [2.24, 2.45) is 11.5 Å². The van der Waals surface area contributed by atoms with Gasteiger partial charge in [0.15, 0.2) is 0 Å². The van der Waals surface area contributed by atoms with Crippen molar-refractivity contribution >= 4 is 81.4 Å². The van der Waals surface area contributed by atoms with Crippen LogP contribution in [0.2, 0.25) is 0 Å². The molecule has 0 aliphatic heterocycles. The average Bonchev–Trinajstić information content (AvgIpc) is 1.25. The van der Waals surface area contributed by atoms with Crippen LogP contribution in [0.15, 0.2) is 0 Å². The van der Waals surface area contributed by atoms with E-state index in [1.807, 2.05) is 0 Å². The van der Waals surface area contributed by atoms with E-state index >= 15 is 0 Å². The molecule has 0 amide bonds. The zero-order valence-electron chi connectivity index (χ0n) is 4.49. The fourth-order valence-electron chi connectivity index (χ4n) is 0. The van der Waals surface area contributed by atoms with Crippen molar-refractivity contribution in [2.75, 3.05) is 0 Å². The maximum Gasteiger partial charge on any atom is 2.00 e. The SMILES string of the molecule is NC(=S)[S-].NC(=S)[S-].[Mg+2]. The van der Waals surface area contributed by atoms with Gasteiger partial charge < -0.3 is 61.2 Å². The van der Waals surface area contributed by atoms with Gasteiger partial charge in [-0.1, -0.05) is 8.64 Å². The quantitative estimate of drug-likeness (QED) is 0.308. The van der Waals surface area contributed by atoms with Crippen molar-refractivity contribution in [1.29, 1.82) is 0 Å². The molecule has 0 saturated carbocycles. The van der Waals surface area contributed by atoms with E-state index in [0.29, 0.717) is 0 Å². The molecule has 0 aromatic rings. The Morgan fingerprint density at radius 2 is 1.00 bits per heavy atom. The maximum absolute atomic E-state index is 4.66. The van der Waals surface area contributed by atoms with E-state index in [0.717, 1.165) is 0 Å². The van der Waals surface area contributed by atoms with Gasteiger partial charge in [0.2, 0.25) is 0 Å². The summed E-state index contributed by atoms with van der Waals surface area (Å²) in [6.45, 7) is 0. The number of thiocarbonyl (C=S) groups is 2. The molecule has 0 unspecified atom stereocenters. The summed E-state index contributed by atoms with van der Waals surface area (Å²) in [6.07, 6.45) is 0. The first-order valence-corrected chi connectivity index (χ1v) is 3.03. The van der Waals surface area contributed by atoms with Gasteiger partial charge in [-0.2, -0.15) is 0 Å². The molecule has 0 aromatic carbocycles. The van der Waals surface area contributed by atoms with E-state index < -0.39 is 0 Å². The summed E-state index contributed by atoms with van der Waals surface area (Å²) in [4.78, 5) is 0. The van der Waals surface area contributed by atoms with Crippen LogP contribution < -0.4 is 11.5 Å². The minimum Gasteiger partial charge on any atom is -0.415 e. The third-order valence-corrected chi connectivity index (χ3v) is 0. The van der Waals surface area contributed by atoms with Gasteiger partial charge >= 0.3 is 23.1 Å². The zero-order valence-corrected chi connectivity index (χ0v) is 9.18. The molecule has 0 heterocycles. The third kappa shape index (κ3) is 451. The molecule has 0 aromatic heterocycles. The maximum atomic E-state index is 4.66. The van der Waals surface area contributed by atoms with Gasteiger partial charge in [-0.25, -0.2) is 0 Å². The minimum absolute atomic E-state index is 0. The molecule has 0 bridgehead atoms. The van der Waals surface area contributed by atoms with Crippen LogP contribution in [-0.2, 0) is 25.3 Å². The summed E-state index contributed by atoms with van der Waals surface area (Å²) in [5, 5.41) is 0. The molecule has 0 atom stereocenters. The van der Waals surface area contributed by atoms with E-state index in [1.165, 1.54) is 0 Å². The van der Waals surface area contributed by atoms with Gasteiger partial charge in [0.05, 0.1) is 0 Å². The number of hydrogen-bond donors (Lipinski definition) is 2. The van der Waals surface area contributed by atoms with E-state index in [-0.39, 0.29) is 31.7 Å². The van der Waals surface area contributed by atoms with Crippen LogP contribution in [0.5, 0.6) is 0 Å². The van der Waals surface area contributed by atoms with E-state index in [2.05, 4.69) is 61.2 Å². The molecule has 0 spiro atoms. The first kappa shape index (κ1) is 16.5. The second-order valence-electron chi connectivity index (χ2n) is 0.638. The van der Waals surface area contributed by atoms with E-state index in [4.69, 9.17) is 0 Å². The molecule has 0 aliphatic carbocycles. The Kier molecular flexibility index (Phi) is 21.6. The van der Waals surface area contributed by atoms with Gasteiger partial charge in [0.25, 0.3) is 0 Å². The fraction of sp³-hybridized carbons (Fsp3) is 0. The Bertz CT molecular complexity index is 74.6. The molecular weight excluding hydrogens is 205 g/mol. The minimum atomic E-state index is 0. The predicted molar refractivity (Wildman–Crippen MR) is 54.1 cm³/mol. The molecule has 0 radical (unpaired) electrons. The van der Waals surface area contributed by atoms with Gasteiger partial charge in [-0.05, 0) is 0 Å². The molecule has 2 nitrogen and oxygen atoms in total. The summed E-state index contributed by atoms with van der Waals surface area (Å²) < 4.78 is 0.167. The van der Waals surface area contributed by atoms with Crippen LogP contribution >= 0.6 is 24.4 Å². The fourth-order valence-corrected chi connectivity index (χ4v) is 0. The Balaban J connectivity index is -0.0000000720. The monoisotopic (exact) mass is 208 g/mol. The predicted octanol–water partition coefficient (Wildman–Crippen LogP) is -0.827. The van der Waals surface area contributed by atoms with Gasteiger partial charge in [-0.15, -0.1) is 0 Å². The van der Waals surface area contributed by atoms with E-state index in [1.54, 1.807) is 0 Å². The van der Waals surface area contributed by atoms with Crippen molar-refractivity contribution in [1.82, 2.24) is 0 Å². The molecule has 9 heavy (non-hydrogen) atoms. The molecule has 0 saturated heterocycles. The van der Waals surface area contributed by atoms with Crippen molar-refractivity contribution < 1.29 is 0 Å². The van der Waals surface area contributed by atoms with Gasteiger partial charge in [-0.3, -0.25) is 0 Å². The smallest absolute Gasteiger partial charge is 0.415 e. The summed E-state index contributed by atoms with van der Waals surface area (Å²) in [5.41, 5.74) is 9.31.